The Bertz CT molecular complexity index is 2040. The van der Waals surface area contributed by atoms with Crippen molar-refractivity contribution in [3.05, 3.63) is 71.7 Å². The van der Waals surface area contributed by atoms with Crippen LogP contribution in [0.2, 0.25) is 0 Å². The first-order valence-electron chi connectivity index (χ1n) is 18.8. The maximum absolute atomic E-state index is 13.7. The fraction of sp³-hybridized carbons (Fsp3) is 0.524. The Labute approximate surface area is 314 Å². The number of halogens is 4. The SMILES string of the molecule is CC(C)(C)C(NC(=O)C1CCC(F)(F)CC1)c1ncc(-c2ccc3cc(C#Cc4cnc([C@@H](NC(=O)C5CCC(F)(F)CC5)C(C)(C)C)[nH]4)ccc3c2)[nH]1. The number of benzene rings is 2. The molecule has 2 aromatic carbocycles. The van der Waals surface area contributed by atoms with Crippen LogP contribution in [0.25, 0.3) is 22.0 Å². The number of imidazole rings is 2. The molecule has 2 fully saturated rings. The topological polar surface area (TPSA) is 116 Å². The smallest absolute Gasteiger partial charge is 0.248 e. The summed E-state index contributed by atoms with van der Waals surface area (Å²) in [5.41, 5.74) is 2.31. The summed E-state index contributed by atoms with van der Waals surface area (Å²) in [7, 11) is 0. The van der Waals surface area contributed by atoms with Crippen LogP contribution >= 0.6 is 0 Å². The fourth-order valence-electron chi connectivity index (χ4n) is 7.32. The lowest BCUT2D eigenvalue weighted by molar-refractivity contribution is -0.131. The minimum absolute atomic E-state index is 0.164. The van der Waals surface area contributed by atoms with Crippen LogP contribution in [0.3, 0.4) is 0 Å². The van der Waals surface area contributed by atoms with Crippen molar-refractivity contribution in [1.29, 1.82) is 0 Å². The van der Waals surface area contributed by atoms with Gasteiger partial charge in [-0.25, -0.2) is 27.5 Å². The third kappa shape index (κ3) is 9.34. The maximum Gasteiger partial charge on any atom is 0.248 e. The first-order valence-corrected chi connectivity index (χ1v) is 18.8. The molecule has 4 N–H and O–H groups in total. The van der Waals surface area contributed by atoms with E-state index >= 15 is 0 Å². The normalized spacial score (nSPS) is 19.1. The molecule has 8 nitrogen and oxygen atoms in total. The predicted octanol–water partition coefficient (Wildman–Crippen LogP) is 9.41. The molecule has 12 heteroatoms. The van der Waals surface area contributed by atoms with E-state index in [1.807, 2.05) is 71.9 Å². The van der Waals surface area contributed by atoms with Crippen molar-refractivity contribution >= 4 is 22.6 Å². The predicted molar refractivity (Wildman–Crippen MR) is 201 cm³/mol. The summed E-state index contributed by atoms with van der Waals surface area (Å²) in [5, 5.41) is 8.14. The van der Waals surface area contributed by atoms with Gasteiger partial charge in [0.05, 0.1) is 30.2 Å². The standard InChI is InChI=1S/C42H50F4N6O2/c1-39(2,3)33(51-37(53)26-13-17-41(43,44)18-14-26)35-47-23-31(49-35)12-8-25-7-9-29-22-30(11-10-28(29)21-25)32-24-48-36(50-32)34(40(4,5)6)52-38(54)27-15-19-42(45,46)20-16-27/h7,9-11,21-24,26-27,33-34H,13-20H2,1-6H3,(H,47,49)(H,48,50)(H,51,53)(H,52,54)/t33-,34?/m1/s1. The lowest BCUT2D eigenvalue weighted by Crippen LogP contribution is -2.42. The molecule has 2 amide bonds. The first kappa shape index (κ1) is 39.0. The molecule has 2 aromatic heterocycles. The molecular weight excluding hydrogens is 696 g/mol. The van der Waals surface area contributed by atoms with Gasteiger partial charge in [0.2, 0.25) is 23.7 Å². The second-order valence-corrected chi connectivity index (χ2v) is 17.3. The molecule has 6 rings (SSSR count). The van der Waals surface area contributed by atoms with Crippen LogP contribution in [-0.2, 0) is 9.59 Å². The molecule has 0 aliphatic heterocycles. The van der Waals surface area contributed by atoms with Crippen molar-refractivity contribution in [2.75, 3.05) is 0 Å². The summed E-state index contributed by atoms with van der Waals surface area (Å²) >= 11 is 0. The monoisotopic (exact) mass is 746 g/mol. The molecule has 2 heterocycles. The first-order chi connectivity index (χ1) is 25.3. The molecule has 2 atom stereocenters. The summed E-state index contributed by atoms with van der Waals surface area (Å²) in [6.45, 7) is 12.0. The summed E-state index contributed by atoms with van der Waals surface area (Å²) in [6.07, 6.45) is 2.96. The number of rotatable bonds is 7. The van der Waals surface area contributed by atoms with E-state index < -0.39 is 41.2 Å². The molecule has 54 heavy (non-hydrogen) atoms. The second kappa shape index (κ2) is 14.9. The third-order valence-corrected chi connectivity index (χ3v) is 10.7. The molecule has 2 saturated carbocycles. The van der Waals surface area contributed by atoms with Gasteiger partial charge in [0.1, 0.15) is 17.3 Å². The molecule has 2 aliphatic rings. The number of amides is 2. The average Bonchev–Trinajstić information content (AvgIpc) is 3.77. The zero-order valence-electron chi connectivity index (χ0n) is 31.8. The van der Waals surface area contributed by atoms with Crippen molar-refractivity contribution in [1.82, 2.24) is 30.6 Å². The van der Waals surface area contributed by atoms with E-state index in [2.05, 4.69) is 48.5 Å². The van der Waals surface area contributed by atoms with Crippen LogP contribution in [0.4, 0.5) is 17.6 Å². The van der Waals surface area contributed by atoms with Crippen molar-refractivity contribution in [2.24, 2.45) is 22.7 Å². The number of nitrogens with zero attached hydrogens (tertiary/aromatic N) is 2. The van der Waals surface area contributed by atoms with Crippen LogP contribution < -0.4 is 10.6 Å². The van der Waals surface area contributed by atoms with Crippen molar-refractivity contribution in [3.63, 3.8) is 0 Å². The molecule has 0 radical (unpaired) electrons. The quantitative estimate of drug-likeness (QED) is 0.111. The molecule has 288 valence electrons. The number of aromatic nitrogens is 4. The highest BCUT2D eigenvalue weighted by atomic mass is 19.3. The van der Waals surface area contributed by atoms with Gasteiger partial charge in [-0.2, -0.15) is 0 Å². The van der Waals surface area contributed by atoms with Gasteiger partial charge in [0.25, 0.3) is 0 Å². The number of hydrogen-bond donors (Lipinski definition) is 4. The van der Waals surface area contributed by atoms with Crippen molar-refractivity contribution < 1.29 is 27.2 Å². The van der Waals surface area contributed by atoms with Crippen LogP contribution in [0, 0.1) is 34.5 Å². The number of carbonyl (C=O) groups excluding carboxylic acids is 2. The van der Waals surface area contributed by atoms with E-state index in [1.54, 1.807) is 12.4 Å². The minimum Gasteiger partial charge on any atom is -0.345 e. The van der Waals surface area contributed by atoms with E-state index in [0.717, 1.165) is 27.6 Å². The van der Waals surface area contributed by atoms with E-state index in [-0.39, 0.29) is 68.6 Å². The summed E-state index contributed by atoms with van der Waals surface area (Å²) < 4.78 is 54.7. The molecule has 0 spiro atoms. The van der Waals surface area contributed by atoms with Gasteiger partial charge in [0.15, 0.2) is 0 Å². The Morgan fingerprint density at radius 3 is 1.72 bits per heavy atom. The third-order valence-electron chi connectivity index (χ3n) is 10.7. The summed E-state index contributed by atoms with van der Waals surface area (Å²) in [4.78, 5) is 42.0. The number of nitrogens with one attached hydrogen (secondary N) is 4. The fourth-order valence-corrected chi connectivity index (χ4v) is 7.32. The Balaban J connectivity index is 1.13. The second-order valence-electron chi connectivity index (χ2n) is 17.3. The van der Waals surface area contributed by atoms with Crippen LogP contribution in [0.15, 0.2) is 48.8 Å². The highest BCUT2D eigenvalue weighted by Crippen LogP contribution is 2.39. The number of hydrogen-bond acceptors (Lipinski definition) is 4. The number of carbonyl (C=O) groups is 2. The van der Waals surface area contributed by atoms with Crippen LogP contribution in [0.5, 0.6) is 0 Å². The summed E-state index contributed by atoms with van der Waals surface area (Å²) in [5.74, 6) is 0.775. The largest absolute Gasteiger partial charge is 0.345 e. The van der Waals surface area contributed by atoms with E-state index in [1.165, 1.54) is 0 Å². The number of fused-ring (bicyclic) bond motifs is 1. The number of H-pyrrole nitrogens is 2. The van der Waals surface area contributed by atoms with E-state index in [9.17, 15) is 27.2 Å². The van der Waals surface area contributed by atoms with Crippen LogP contribution in [-0.4, -0.2) is 43.6 Å². The van der Waals surface area contributed by atoms with Gasteiger partial charge in [-0.3, -0.25) is 9.59 Å². The van der Waals surface area contributed by atoms with Crippen molar-refractivity contribution in [3.8, 4) is 23.1 Å². The van der Waals surface area contributed by atoms with E-state index in [0.29, 0.717) is 17.3 Å². The lowest BCUT2D eigenvalue weighted by atomic mass is 9.83. The van der Waals surface area contributed by atoms with Crippen LogP contribution in [0.1, 0.15) is 128 Å². The zero-order valence-corrected chi connectivity index (χ0v) is 31.8. The van der Waals surface area contributed by atoms with Gasteiger partial charge in [-0.15, -0.1) is 0 Å². The van der Waals surface area contributed by atoms with Gasteiger partial charge in [-0.05, 0) is 71.4 Å². The molecule has 0 saturated heterocycles. The Hall–Kier alpha value is -4.66. The van der Waals surface area contributed by atoms with Gasteiger partial charge in [-0.1, -0.05) is 65.7 Å². The summed E-state index contributed by atoms with van der Waals surface area (Å²) in [6, 6.07) is 11.1. The number of alkyl halides is 4. The minimum atomic E-state index is -2.70. The average molecular weight is 747 g/mol. The maximum atomic E-state index is 13.7. The van der Waals surface area contributed by atoms with E-state index in [4.69, 9.17) is 0 Å². The Kier molecular flexibility index (Phi) is 10.8. The molecule has 4 aromatic rings. The number of aromatic amines is 2. The molecule has 0 bridgehead atoms. The van der Waals surface area contributed by atoms with Crippen molar-refractivity contribution in [2.45, 2.75) is 117 Å². The van der Waals surface area contributed by atoms with Gasteiger partial charge >= 0.3 is 0 Å². The highest BCUT2D eigenvalue weighted by molar-refractivity contribution is 5.88. The molecule has 1 unspecified atom stereocenters. The highest BCUT2D eigenvalue weighted by Gasteiger charge is 2.41. The Morgan fingerprint density at radius 2 is 1.19 bits per heavy atom. The Morgan fingerprint density at radius 1 is 0.704 bits per heavy atom. The van der Waals surface area contributed by atoms with Gasteiger partial charge < -0.3 is 20.6 Å². The zero-order chi connectivity index (χ0) is 39.1. The van der Waals surface area contributed by atoms with Gasteiger partial charge in [0, 0.05) is 48.6 Å². The molecule has 2 aliphatic carbocycles. The molecular formula is C42H50F4N6O2. The lowest BCUT2D eigenvalue weighted by Gasteiger charge is -2.33.